The van der Waals surface area contributed by atoms with Crippen LogP contribution in [0.3, 0.4) is 0 Å². The maximum Gasteiger partial charge on any atom is 0.231 e. The lowest BCUT2D eigenvalue weighted by Gasteiger charge is -2.13. The van der Waals surface area contributed by atoms with Crippen LogP contribution in [0.1, 0.15) is 25.7 Å². The molecular weight excluding hydrogens is 252 g/mol. The molecule has 18 heavy (non-hydrogen) atoms. The monoisotopic (exact) mass is 266 g/mol. The maximum absolute atomic E-state index is 6.04. The highest BCUT2D eigenvalue weighted by Crippen LogP contribution is 2.26. The third-order valence-electron chi connectivity index (χ3n) is 2.79. The summed E-state index contributed by atoms with van der Waals surface area (Å²) in [5, 5.41) is 4.41. The van der Waals surface area contributed by atoms with Crippen LogP contribution in [0.2, 0.25) is 5.02 Å². The minimum absolute atomic E-state index is 0.0498. The standard InChI is InChI=1S/C12H15ClN4O/c1-7(2)8(6-14)12-16-11(17-18-12)10-9(13)4-3-5-15-10/h3-5,7-8H,6,14H2,1-2H3. The smallest absolute Gasteiger partial charge is 0.231 e. The topological polar surface area (TPSA) is 77.8 Å². The quantitative estimate of drug-likeness (QED) is 0.920. The molecule has 1 atom stereocenters. The zero-order chi connectivity index (χ0) is 13.1. The Morgan fingerprint density at radius 1 is 1.44 bits per heavy atom. The molecule has 5 nitrogen and oxygen atoms in total. The van der Waals surface area contributed by atoms with Gasteiger partial charge >= 0.3 is 0 Å². The first-order chi connectivity index (χ1) is 8.63. The van der Waals surface area contributed by atoms with E-state index in [2.05, 4.69) is 29.0 Å². The molecule has 2 aromatic heterocycles. The van der Waals surface area contributed by atoms with E-state index in [9.17, 15) is 0 Å². The predicted octanol–water partition coefficient (Wildman–Crippen LogP) is 2.48. The molecular formula is C12H15ClN4O. The Kier molecular flexibility index (Phi) is 3.93. The molecule has 0 aliphatic carbocycles. The molecule has 0 spiro atoms. The van der Waals surface area contributed by atoms with Crippen LogP contribution in [0.4, 0.5) is 0 Å². The van der Waals surface area contributed by atoms with Gasteiger partial charge in [0.25, 0.3) is 0 Å². The minimum Gasteiger partial charge on any atom is -0.339 e. The average Bonchev–Trinajstić information content (AvgIpc) is 2.79. The predicted molar refractivity (Wildman–Crippen MR) is 69.2 cm³/mol. The summed E-state index contributed by atoms with van der Waals surface area (Å²) in [6, 6.07) is 3.49. The Bertz CT molecular complexity index is 526. The molecule has 0 radical (unpaired) electrons. The summed E-state index contributed by atoms with van der Waals surface area (Å²) in [6.07, 6.45) is 1.64. The highest BCUT2D eigenvalue weighted by molar-refractivity contribution is 6.32. The molecule has 2 rings (SSSR count). The lowest BCUT2D eigenvalue weighted by atomic mass is 9.96. The van der Waals surface area contributed by atoms with Gasteiger partial charge in [-0.15, -0.1) is 0 Å². The van der Waals surface area contributed by atoms with E-state index in [4.69, 9.17) is 21.9 Å². The van der Waals surface area contributed by atoms with Gasteiger partial charge in [0, 0.05) is 12.7 Å². The summed E-state index contributed by atoms with van der Waals surface area (Å²) in [6.45, 7) is 4.60. The first kappa shape index (κ1) is 13.0. The maximum atomic E-state index is 6.04. The van der Waals surface area contributed by atoms with Crippen LogP contribution in [0.15, 0.2) is 22.9 Å². The number of pyridine rings is 1. The van der Waals surface area contributed by atoms with Gasteiger partial charge in [0.15, 0.2) is 0 Å². The van der Waals surface area contributed by atoms with Crippen molar-refractivity contribution in [2.24, 2.45) is 11.7 Å². The Morgan fingerprint density at radius 3 is 2.83 bits per heavy atom. The Hall–Kier alpha value is -1.46. The van der Waals surface area contributed by atoms with Crippen molar-refractivity contribution >= 4 is 11.6 Å². The number of aromatic nitrogens is 3. The van der Waals surface area contributed by atoms with Crippen molar-refractivity contribution in [3.8, 4) is 11.5 Å². The van der Waals surface area contributed by atoms with E-state index in [1.807, 2.05) is 0 Å². The first-order valence-corrected chi connectivity index (χ1v) is 6.15. The number of rotatable bonds is 4. The number of nitrogens with zero attached hydrogens (tertiary/aromatic N) is 3. The lowest BCUT2D eigenvalue weighted by Crippen LogP contribution is -2.18. The second kappa shape index (κ2) is 5.46. The van der Waals surface area contributed by atoms with Gasteiger partial charge in [-0.3, -0.25) is 4.98 Å². The molecule has 0 aromatic carbocycles. The number of halogens is 1. The lowest BCUT2D eigenvalue weighted by molar-refractivity contribution is 0.324. The van der Waals surface area contributed by atoms with E-state index >= 15 is 0 Å². The summed E-state index contributed by atoms with van der Waals surface area (Å²) >= 11 is 6.04. The normalized spacial score (nSPS) is 12.9. The van der Waals surface area contributed by atoms with Gasteiger partial charge in [0.05, 0.1) is 10.9 Å². The van der Waals surface area contributed by atoms with Crippen molar-refractivity contribution in [2.45, 2.75) is 19.8 Å². The first-order valence-electron chi connectivity index (χ1n) is 5.78. The van der Waals surface area contributed by atoms with E-state index in [1.54, 1.807) is 18.3 Å². The summed E-state index contributed by atoms with van der Waals surface area (Å²) in [5.41, 5.74) is 6.24. The van der Waals surface area contributed by atoms with Crippen molar-refractivity contribution in [3.05, 3.63) is 29.2 Å². The summed E-state index contributed by atoms with van der Waals surface area (Å²) in [5.74, 6) is 1.31. The fourth-order valence-corrected chi connectivity index (χ4v) is 1.90. The van der Waals surface area contributed by atoms with E-state index in [0.717, 1.165) is 0 Å². The number of nitrogens with two attached hydrogens (primary N) is 1. The Balaban J connectivity index is 2.34. The van der Waals surface area contributed by atoms with Crippen molar-refractivity contribution in [2.75, 3.05) is 6.54 Å². The Morgan fingerprint density at radius 2 is 2.22 bits per heavy atom. The van der Waals surface area contributed by atoms with Gasteiger partial charge in [-0.2, -0.15) is 4.98 Å². The third-order valence-corrected chi connectivity index (χ3v) is 3.09. The summed E-state index contributed by atoms with van der Waals surface area (Å²) < 4.78 is 5.25. The Labute approximate surface area is 110 Å². The molecule has 1 unspecified atom stereocenters. The molecule has 2 N–H and O–H groups in total. The van der Waals surface area contributed by atoms with Crippen molar-refractivity contribution in [1.82, 2.24) is 15.1 Å². The molecule has 2 aromatic rings. The van der Waals surface area contributed by atoms with Crippen LogP contribution >= 0.6 is 11.6 Å². The molecule has 0 aliphatic heterocycles. The van der Waals surface area contributed by atoms with Crippen molar-refractivity contribution in [3.63, 3.8) is 0 Å². The van der Waals surface area contributed by atoms with Crippen LogP contribution < -0.4 is 5.73 Å². The van der Waals surface area contributed by atoms with Gasteiger partial charge in [0.2, 0.25) is 11.7 Å². The van der Waals surface area contributed by atoms with Gasteiger partial charge in [0.1, 0.15) is 5.69 Å². The summed E-state index contributed by atoms with van der Waals surface area (Å²) in [7, 11) is 0. The molecule has 0 saturated heterocycles. The average molecular weight is 267 g/mol. The van der Waals surface area contributed by atoms with Gasteiger partial charge < -0.3 is 10.3 Å². The largest absolute Gasteiger partial charge is 0.339 e. The number of hydrogen-bond donors (Lipinski definition) is 1. The molecule has 0 bridgehead atoms. The highest BCUT2D eigenvalue weighted by Gasteiger charge is 2.22. The third kappa shape index (κ3) is 2.52. The van der Waals surface area contributed by atoms with Crippen LogP contribution in [0, 0.1) is 5.92 Å². The zero-order valence-corrected chi connectivity index (χ0v) is 11.1. The second-order valence-electron chi connectivity index (χ2n) is 4.38. The molecule has 0 aliphatic rings. The fourth-order valence-electron chi connectivity index (χ4n) is 1.69. The van der Waals surface area contributed by atoms with Crippen LogP contribution in [0.5, 0.6) is 0 Å². The fraction of sp³-hybridized carbons (Fsp3) is 0.417. The van der Waals surface area contributed by atoms with Gasteiger partial charge in [-0.1, -0.05) is 30.6 Å². The molecule has 6 heteroatoms. The molecule has 2 heterocycles. The van der Waals surface area contributed by atoms with Gasteiger partial charge in [-0.25, -0.2) is 0 Å². The van der Waals surface area contributed by atoms with Crippen molar-refractivity contribution < 1.29 is 4.52 Å². The molecule has 0 saturated carbocycles. The van der Waals surface area contributed by atoms with E-state index < -0.39 is 0 Å². The van der Waals surface area contributed by atoms with Crippen LogP contribution in [-0.2, 0) is 0 Å². The zero-order valence-electron chi connectivity index (χ0n) is 10.3. The molecule has 96 valence electrons. The summed E-state index contributed by atoms with van der Waals surface area (Å²) in [4.78, 5) is 8.47. The van der Waals surface area contributed by atoms with Gasteiger partial charge in [-0.05, 0) is 18.1 Å². The number of hydrogen-bond acceptors (Lipinski definition) is 5. The van der Waals surface area contributed by atoms with Crippen LogP contribution in [0.25, 0.3) is 11.5 Å². The van der Waals surface area contributed by atoms with Crippen molar-refractivity contribution in [1.29, 1.82) is 0 Å². The van der Waals surface area contributed by atoms with E-state index in [1.165, 1.54) is 0 Å². The highest BCUT2D eigenvalue weighted by atomic mass is 35.5. The van der Waals surface area contributed by atoms with E-state index in [0.29, 0.717) is 34.9 Å². The molecule has 0 amide bonds. The van der Waals surface area contributed by atoms with E-state index in [-0.39, 0.29) is 5.92 Å². The molecule has 0 fully saturated rings. The SMILES string of the molecule is CC(C)C(CN)c1nc(-c2ncccc2Cl)no1. The second-order valence-corrected chi connectivity index (χ2v) is 4.78. The minimum atomic E-state index is 0.0498. The van der Waals surface area contributed by atoms with Crippen LogP contribution in [-0.4, -0.2) is 21.7 Å².